The minimum absolute atomic E-state index is 0.0117. The number of carbonyl (C=O) groups is 2. The molecule has 132 valence electrons. The van der Waals surface area contributed by atoms with Gasteiger partial charge in [0.15, 0.2) is 0 Å². The Hall–Kier alpha value is -1.75. The summed E-state index contributed by atoms with van der Waals surface area (Å²) in [5, 5.41) is 10.2. The largest absolute Gasteiger partial charge is 0.481 e. The minimum atomic E-state index is -0.873. The van der Waals surface area contributed by atoms with Crippen molar-refractivity contribution >= 4 is 23.7 Å². The van der Waals surface area contributed by atoms with E-state index in [1.807, 2.05) is 24.3 Å². The standard InChI is InChI=1S/C18H24ClNO4/c1-18(2,3)24-17(23)20-9-8-13(15(11-20)16(21)22)10-12-4-6-14(19)7-5-12/h4-7,13,15H,8-11H2,1-3H3,(H,21,22). The van der Waals surface area contributed by atoms with Crippen LogP contribution >= 0.6 is 11.6 Å². The Morgan fingerprint density at radius 3 is 2.46 bits per heavy atom. The van der Waals surface area contributed by atoms with Gasteiger partial charge in [-0.25, -0.2) is 4.79 Å². The molecule has 1 aliphatic heterocycles. The second-order valence-electron chi connectivity index (χ2n) is 7.25. The third-order valence-corrected chi connectivity index (χ3v) is 4.39. The van der Waals surface area contributed by atoms with Crippen molar-refractivity contribution < 1.29 is 19.4 Å². The van der Waals surface area contributed by atoms with Crippen LogP contribution in [0.1, 0.15) is 32.8 Å². The maximum atomic E-state index is 12.2. The summed E-state index contributed by atoms with van der Waals surface area (Å²) in [6.45, 7) is 6.09. The first-order chi connectivity index (χ1) is 11.2. The van der Waals surface area contributed by atoms with Gasteiger partial charge >= 0.3 is 12.1 Å². The van der Waals surface area contributed by atoms with E-state index in [4.69, 9.17) is 16.3 Å². The lowest BCUT2D eigenvalue weighted by atomic mass is 9.81. The van der Waals surface area contributed by atoms with Crippen LogP contribution in [0.3, 0.4) is 0 Å². The molecule has 5 nitrogen and oxygen atoms in total. The van der Waals surface area contributed by atoms with E-state index in [1.54, 1.807) is 20.8 Å². The van der Waals surface area contributed by atoms with E-state index in [0.717, 1.165) is 5.56 Å². The quantitative estimate of drug-likeness (QED) is 0.896. The molecule has 1 aromatic carbocycles. The molecule has 1 aliphatic rings. The number of likely N-dealkylation sites (tertiary alicyclic amines) is 1. The van der Waals surface area contributed by atoms with Gasteiger partial charge in [0, 0.05) is 18.1 Å². The molecule has 0 bridgehead atoms. The van der Waals surface area contributed by atoms with E-state index < -0.39 is 23.6 Å². The van der Waals surface area contributed by atoms with Gasteiger partial charge in [0.1, 0.15) is 5.60 Å². The number of piperidine rings is 1. The zero-order valence-electron chi connectivity index (χ0n) is 14.3. The number of hydrogen-bond acceptors (Lipinski definition) is 3. The summed E-state index contributed by atoms with van der Waals surface area (Å²) >= 11 is 5.89. The molecule has 1 fully saturated rings. The smallest absolute Gasteiger partial charge is 0.410 e. The highest BCUT2D eigenvalue weighted by Gasteiger charge is 2.37. The number of rotatable bonds is 3. The van der Waals surface area contributed by atoms with Gasteiger partial charge in [-0.1, -0.05) is 23.7 Å². The van der Waals surface area contributed by atoms with E-state index in [9.17, 15) is 14.7 Å². The third kappa shape index (κ3) is 5.13. The number of hydrogen-bond donors (Lipinski definition) is 1. The van der Waals surface area contributed by atoms with Crippen LogP contribution < -0.4 is 0 Å². The van der Waals surface area contributed by atoms with E-state index in [1.165, 1.54) is 4.90 Å². The van der Waals surface area contributed by atoms with Crippen molar-refractivity contribution in [3.8, 4) is 0 Å². The lowest BCUT2D eigenvalue weighted by Crippen LogP contribution is -2.48. The number of halogens is 1. The van der Waals surface area contributed by atoms with Gasteiger partial charge in [-0.2, -0.15) is 0 Å². The number of carboxylic acids is 1. The van der Waals surface area contributed by atoms with Crippen molar-refractivity contribution in [1.29, 1.82) is 0 Å². The topological polar surface area (TPSA) is 66.8 Å². The van der Waals surface area contributed by atoms with Crippen molar-refractivity contribution in [2.24, 2.45) is 11.8 Å². The predicted octanol–water partition coefficient (Wildman–Crippen LogP) is 3.84. The van der Waals surface area contributed by atoms with E-state index in [-0.39, 0.29) is 12.5 Å². The number of carboxylic acid groups (broad SMARTS) is 1. The summed E-state index contributed by atoms with van der Waals surface area (Å²) < 4.78 is 5.35. The van der Waals surface area contributed by atoms with Crippen molar-refractivity contribution in [3.63, 3.8) is 0 Å². The summed E-state index contributed by atoms with van der Waals surface area (Å²) in [7, 11) is 0. The van der Waals surface area contributed by atoms with Gasteiger partial charge in [-0.05, 0) is 57.2 Å². The highest BCUT2D eigenvalue weighted by atomic mass is 35.5. The number of benzene rings is 1. The Morgan fingerprint density at radius 2 is 1.92 bits per heavy atom. The molecule has 1 saturated heterocycles. The number of amides is 1. The minimum Gasteiger partial charge on any atom is -0.481 e. The van der Waals surface area contributed by atoms with Crippen LogP contribution in [-0.2, 0) is 16.0 Å². The Kier molecular flexibility index (Phi) is 5.75. The van der Waals surface area contributed by atoms with Gasteiger partial charge in [-0.3, -0.25) is 4.79 Å². The zero-order chi connectivity index (χ0) is 17.9. The second-order valence-corrected chi connectivity index (χ2v) is 7.69. The number of nitrogens with zero attached hydrogens (tertiary/aromatic N) is 1. The Balaban J connectivity index is 2.04. The molecular weight excluding hydrogens is 330 g/mol. The van der Waals surface area contributed by atoms with Gasteiger partial charge in [0.2, 0.25) is 0 Å². The highest BCUT2D eigenvalue weighted by molar-refractivity contribution is 6.30. The number of ether oxygens (including phenoxy) is 1. The number of carbonyl (C=O) groups excluding carboxylic acids is 1. The van der Waals surface area contributed by atoms with Crippen molar-refractivity contribution in [2.45, 2.75) is 39.2 Å². The van der Waals surface area contributed by atoms with Crippen LogP contribution in [-0.4, -0.2) is 40.8 Å². The summed E-state index contributed by atoms with van der Waals surface area (Å²) in [6, 6.07) is 7.45. The van der Waals surface area contributed by atoms with Crippen molar-refractivity contribution in [2.75, 3.05) is 13.1 Å². The van der Waals surface area contributed by atoms with Gasteiger partial charge < -0.3 is 14.7 Å². The molecule has 2 atom stereocenters. The summed E-state index contributed by atoms with van der Waals surface area (Å²) in [4.78, 5) is 25.3. The van der Waals surface area contributed by atoms with Gasteiger partial charge in [0.05, 0.1) is 5.92 Å². The molecule has 1 N–H and O–H groups in total. The average molecular weight is 354 g/mol. The third-order valence-electron chi connectivity index (χ3n) is 4.14. The fraction of sp³-hybridized carbons (Fsp3) is 0.556. The summed E-state index contributed by atoms with van der Waals surface area (Å²) in [5.41, 5.74) is 0.469. The molecule has 0 aromatic heterocycles. The molecule has 24 heavy (non-hydrogen) atoms. The molecule has 2 unspecified atom stereocenters. The monoisotopic (exact) mass is 353 g/mol. The maximum Gasteiger partial charge on any atom is 0.410 e. The first-order valence-electron chi connectivity index (χ1n) is 8.11. The summed E-state index contributed by atoms with van der Waals surface area (Å²) in [5.74, 6) is -1.48. The normalized spacial score (nSPS) is 21.4. The van der Waals surface area contributed by atoms with E-state index in [0.29, 0.717) is 24.4 Å². The van der Waals surface area contributed by atoms with Gasteiger partial charge in [0.25, 0.3) is 0 Å². The van der Waals surface area contributed by atoms with Crippen LogP contribution in [0.15, 0.2) is 24.3 Å². The van der Waals surface area contributed by atoms with Crippen LogP contribution in [0.25, 0.3) is 0 Å². The first-order valence-corrected chi connectivity index (χ1v) is 8.48. The number of aliphatic carboxylic acids is 1. The molecule has 1 aromatic rings. The SMILES string of the molecule is CC(C)(C)OC(=O)N1CCC(Cc2ccc(Cl)cc2)C(C(=O)O)C1. The highest BCUT2D eigenvalue weighted by Crippen LogP contribution is 2.29. The van der Waals surface area contributed by atoms with Crippen LogP contribution in [0.4, 0.5) is 4.79 Å². The van der Waals surface area contributed by atoms with Crippen molar-refractivity contribution in [3.05, 3.63) is 34.9 Å². The lowest BCUT2D eigenvalue weighted by molar-refractivity contribution is -0.145. The molecule has 1 heterocycles. The average Bonchev–Trinajstić information content (AvgIpc) is 2.48. The molecule has 6 heteroatoms. The fourth-order valence-corrected chi connectivity index (χ4v) is 3.07. The molecule has 0 radical (unpaired) electrons. The Labute approximate surface area is 147 Å². The van der Waals surface area contributed by atoms with Crippen LogP contribution in [0.5, 0.6) is 0 Å². The summed E-state index contributed by atoms with van der Waals surface area (Å²) in [6.07, 6.45) is 0.855. The Bertz CT molecular complexity index is 594. The maximum absolute atomic E-state index is 12.2. The van der Waals surface area contributed by atoms with Crippen LogP contribution in [0, 0.1) is 11.8 Å². The molecule has 2 rings (SSSR count). The zero-order valence-corrected chi connectivity index (χ0v) is 15.0. The van der Waals surface area contributed by atoms with E-state index in [2.05, 4.69) is 0 Å². The van der Waals surface area contributed by atoms with E-state index >= 15 is 0 Å². The van der Waals surface area contributed by atoms with Crippen LogP contribution in [0.2, 0.25) is 5.02 Å². The van der Waals surface area contributed by atoms with Crippen molar-refractivity contribution in [1.82, 2.24) is 4.90 Å². The van der Waals surface area contributed by atoms with Gasteiger partial charge in [-0.15, -0.1) is 0 Å². The molecule has 0 aliphatic carbocycles. The predicted molar refractivity (Wildman–Crippen MR) is 92.2 cm³/mol. The molecule has 0 saturated carbocycles. The lowest BCUT2D eigenvalue weighted by Gasteiger charge is -2.37. The molecule has 0 spiro atoms. The Morgan fingerprint density at radius 1 is 1.29 bits per heavy atom. The molecule has 1 amide bonds. The fourth-order valence-electron chi connectivity index (χ4n) is 2.94. The first kappa shape index (κ1) is 18.6. The molecular formula is C18H24ClNO4. The second kappa shape index (κ2) is 7.43.